The van der Waals surface area contributed by atoms with Gasteiger partial charge in [-0.15, -0.1) is 0 Å². The first-order valence-electron chi connectivity index (χ1n) is 9.40. The minimum Gasteiger partial charge on any atom is -0.381 e. The fraction of sp³-hybridized carbons (Fsp3) is 0.400. The lowest BCUT2D eigenvalue weighted by Crippen LogP contribution is -2.23. The second-order valence-electron chi connectivity index (χ2n) is 7.22. The second kappa shape index (κ2) is 7.72. The van der Waals surface area contributed by atoms with E-state index in [0.29, 0.717) is 40.7 Å². The molecule has 2 N–H and O–H groups in total. The molecule has 1 aliphatic heterocycles. The van der Waals surface area contributed by atoms with Crippen LogP contribution < -0.4 is 5.32 Å². The normalized spacial score (nSPS) is 15.4. The van der Waals surface area contributed by atoms with Crippen LogP contribution in [0.2, 0.25) is 0 Å². The van der Waals surface area contributed by atoms with Crippen molar-refractivity contribution >= 4 is 17.0 Å². The van der Waals surface area contributed by atoms with Gasteiger partial charge in [0.25, 0.3) is 5.92 Å². The Hall–Kier alpha value is -3.12. The lowest BCUT2D eigenvalue weighted by molar-refractivity contribution is 0.0173. The lowest BCUT2D eigenvalue weighted by Gasteiger charge is -2.22. The molecule has 0 radical (unpaired) electrons. The van der Waals surface area contributed by atoms with Gasteiger partial charge in [0.1, 0.15) is 11.7 Å². The molecule has 1 fully saturated rings. The summed E-state index contributed by atoms with van der Waals surface area (Å²) in [7, 11) is 0. The predicted molar refractivity (Wildman–Crippen MR) is 103 cm³/mol. The third-order valence-electron chi connectivity index (χ3n) is 5.09. The fourth-order valence-electron chi connectivity index (χ4n) is 3.38. The maximum atomic E-state index is 13.8. The van der Waals surface area contributed by atoms with E-state index in [9.17, 15) is 14.0 Å². The van der Waals surface area contributed by atoms with Gasteiger partial charge in [-0.05, 0) is 24.8 Å². The summed E-state index contributed by atoms with van der Waals surface area (Å²) in [5, 5.41) is 13.2. The Morgan fingerprint density at radius 2 is 2.10 bits per heavy atom. The standard InChI is InChI=1S/C20H20F2N6O/c1-20(21,22)14-6-15-16(11-25-18(15)24-10-14)17-13(7-23)9-27-19(28-17)26-8-12-2-4-29-5-3-12/h6,9-12H,2-5,8H2,1H3,(H,24,25)(H,26,27,28). The molecule has 7 nitrogen and oxygen atoms in total. The second-order valence-corrected chi connectivity index (χ2v) is 7.22. The number of alkyl halides is 2. The van der Waals surface area contributed by atoms with Crippen LogP contribution in [-0.2, 0) is 10.7 Å². The SMILES string of the molecule is CC(F)(F)c1cnc2[nH]cc(-c3nc(NCC4CCOCC4)ncc3C#N)c2c1. The molecule has 0 aliphatic carbocycles. The van der Waals surface area contributed by atoms with Crippen molar-refractivity contribution in [3.63, 3.8) is 0 Å². The van der Waals surface area contributed by atoms with Gasteiger partial charge >= 0.3 is 0 Å². The van der Waals surface area contributed by atoms with E-state index in [1.165, 1.54) is 12.3 Å². The van der Waals surface area contributed by atoms with Crippen molar-refractivity contribution in [1.82, 2.24) is 19.9 Å². The van der Waals surface area contributed by atoms with E-state index in [-0.39, 0.29) is 11.1 Å². The van der Waals surface area contributed by atoms with Gasteiger partial charge in [0.15, 0.2) is 0 Å². The van der Waals surface area contributed by atoms with E-state index in [1.807, 2.05) is 0 Å². The number of hydrogen-bond donors (Lipinski definition) is 2. The Morgan fingerprint density at radius 1 is 1.31 bits per heavy atom. The van der Waals surface area contributed by atoms with E-state index < -0.39 is 5.92 Å². The van der Waals surface area contributed by atoms with Crippen molar-refractivity contribution < 1.29 is 13.5 Å². The van der Waals surface area contributed by atoms with Gasteiger partial charge < -0.3 is 15.0 Å². The summed E-state index contributed by atoms with van der Waals surface area (Å²) in [4.78, 5) is 15.8. The summed E-state index contributed by atoms with van der Waals surface area (Å²) in [6.45, 7) is 3.03. The molecule has 0 atom stereocenters. The van der Waals surface area contributed by atoms with Gasteiger partial charge in [0.2, 0.25) is 5.95 Å². The number of halogens is 2. The van der Waals surface area contributed by atoms with Crippen LogP contribution in [0.25, 0.3) is 22.3 Å². The summed E-state index contributed by atoms with van der Waals surface area (Å²) >= 11 is 0. The molecular weight excluding hydrogens is 378 g/mol. The Kier molecular flexibility index (Phi) is 5.11. The number of fused-ring (bicyclic) bond motifs is 1. The number of anilines is 1. The maximum Gasteiger partial charge on any atom is 0.272 e. The zero-order valence-electron chi connectivity index (χ0n) is 15.9. The topological polar surface area (TPSA) is 99.5 Å². The van der Waals surface area contributed by atoms with Gasteiger partial charge in [-0.1, -0.05) is 0 Å². The quantitative estimate of drug-likeness (QED) is 0.677. The molecule has 0 saturated carbocycles. The molecule has 3 aromatic heterocycles. The lowest BCUT2D eigenvalue weighted by atomic mass is 10.0. The predicted octanol–water partition coefficient (Wildman–Crippen LogP) is 3.84. The van der Waals surface area contributed by atoms with Crippen LogP contribution in [0.3, 0.4) is 0 Å². The molecular formula is C20H20F2N6O. The number of ether oxygens (including phenoxy) is 1. The Morgan fingerprint density at radius 3 is 2.83 bits per heavy atom. The minimum atomic E-state index is -3.02. The van der Waals surface area contributed by atoms with Crippen LogP contribution >= 0.6 is 0 Å². The molecule has 0 unspecified atom stereocenters. The van der Waals surface area contributed by atoms with E-state index in [4.69, 9.17) is 4.74 Å². The van der Waals surface area contributed by atoms with Crippen LogP contribution in [-0.4, -0.2) is 39.7 Å². The Balaban J connectivity index is 1.69. The first kappa shape index (κ1) is 19.2. The number of H-pyrrole nitrogens is 1. The average Bonchev–Trinajstić information content (AvgIpc) is 3.15. The Bertz CT molecular complexity index is 1060. The van der Waals surface area contributed by atoms with E-state index in [0.717, 1.165) is 39.2 Å². The highest BCUT2D eigenvalue weighted by Gasteiger charge is 2.26. The molecule has 0 aromatic carbocycles. The van der Waals surface area contributed by atoms with Gasteiger partial charge in [0, 0.05) is 55.6 Å². The highest BCUT2D eigenvalue weighted by Crippen LogP contribution is 2.33. The van der Waals surface area contributed by atoms with Crippen LogP contribution in [0.1, 0.15) is 30.9 Å². The molecule has 0 amide bonds. The fourth-order valence-corrected chi connectivity index (χ4v) is 3.38. The number of hydrogen-bond acceptors (Lipinski definition) is 6. The van der Waals surface area contributed by atoms with Crippen molar-refractivity contribution in [3.05, 3.63) is 35.8 Å². The molecule has 4 heterocycles. The largest absolute Gasteiger partial charge is 0.381 e. The van der Waals surface area contributed by atoms with Crippen molar-refractivity contribution in [2.45, 2.75) is 25.7 Å². The van der Waals surface area contributed by atoms with Crippen LogP contribution in [0.15, 0.2) is 24.7 Å². The summed E-state index contributed by atoms with van der Waals surface area (Å²) < 4.78 is 32.9. The highest BCUT2D eigenvalue weighted by molar-refractivity contribution is 5.94. The molecule has 9 heteroatoms. The molecule has 0 bridgehead atoms. The number of aromatic amines is 1. The number of nitrogens with zero attached hydrogens (tertiary/aromatic N) is 4. The van der Waals surface area contributed by atoms with Gasteiger partial charge in [-0.2, -0.15) is 5.26 Å². The maximum absolute atomic E-state index is 13.8. The van der Waals surface area contributed by atoms with Gasteiger partial charge in [-0.25, -0.2) is 23.7 Å². The molecule has 0 spiro atoms. The van der Waals surface area contributed by atoms with E-state index in [1.54, 1.807) is 6.20 Å². The first-order valence-corrected chi connectivity index (χ1v) is 9.40. The zero-order chi connectivity index (χ0) is 20.4. The minimum absolute atomic E-state index is 0.198. The van der Waals surface area contributed by atoms with Crippen molar-refractivity contribution in [1.29, 1.82) is 5.26 Å². The smallest absolute Gasteiger partial charge is 0.272 e. The number of nitrogens with one attached hydrogen (secondary N) is 2. The van der Waals surface area contributed by atoms with Crippen molar-refractivity contribution in [2.24, 2.45) is 5.92 Å². The molecule has 1 aliphatic rings. The summed E-state index contributed by atoms with van der Waals surface area (Å²) in [6, 6.07) is 3.46. The summed E-state index contributed by atoms with van der Waals surface area (Å²) in [5.74, 6) is -2.15. The van der Waals surface area contributed by atoms with Gasteiger partial charge in [-0.3, -0.25) is 0 Å². The molecule has 150 valence electrons. The molecule has 29 heavy (non-hydrogen) atoms. The number of nitriles is 1. The zero-order valence-corrected chi connectivity index (χ0v) is 15.9. The Labute approximate surface area is 166 Å². The number of rotatable bonds is 5. The van der Waals surface area contributed by atoms with E-state index >= 15 is 0 Å². The average molecular weight is 398 g/mol. The third-order valence-corrected chi connectivity index (χ3v) is 5.09. The summed E-state index contributed by atoms with van der Waals surface area (Å²) in [6.07, 6.45) is 6.16. The number of pyridine rings is 1. The third kappa shape index (κ3) is 4.03. The van der Waals surface area contributed by atoms with Crippen molar-refractivity contribution in [2.75, 3.05) is 25.1 Å². The first-order chi connectivity index (χ1) is 14.0. The van der Waals surface area contributed by atoms with Crippen molar-refractivity contribution in [3.8, 4) is 17.3 Å². The van der Waals surface area contributed by atoms with Gasteiger partial charge in [0.05, 0.1) is 17.5 Å². The monoisotopic (exact) mass is 398 g/mol. The molecule has 1 saturated heterocycles. The molecule has 4 rings (SSSR count). The highest BCUT2D eigenvalue weighted by atomic mass is 19.3. The van der Waals surface area contributed by atoms with Crippen LogP contribution in [0.5, 0.6) is 0 Å². The number of aromatic nitrogens is 4. The summed E-state index contributed by atoms with van der Waals surface area (Å²) in [5.41, 5.74) is 1.42. The van der Waals surface area contributed by atoms with Crippen LogP contribution in [0, 0.1) is 17.2 Å². The van der Waals surface area contributed by atoms with Crippen LogP contribution in [0.4, 0.5) is 14.7 Å². The molecule has 3 aromatic rings. The van der Waals surface area contributed by atoms with E-state index in [2.05, 4.69) is 31.3 Å².